The monoisotopic (exact) mass is 458 g/mol. The third-order valence-electron chi connectivity index (χ3n) is 6.53. The lowest BCUT2D eigenvalue weighted by Crippen LogP contribution is -2.51. The average molecular weight is 458 g/mol. The fourth-order valence-electron chi connectivity index (χ4n) is 4.29. The number of likely N-dealkylation sites (tertiary alicyclic amines) is 1. The number of piperidine rings is 1. The topological polar surface area (TPSA) is 89.0 Å². The van der Waals surface area contributed by atoms with Crippen LogP contribution in [0.2, 0.25) is 0 Å². The van der Waals surface area contributed by atoms with Crippen LogP contribution in [0.5, 0.6) is 5.75 Å². The molecule has 10 heteroatoms. The third kappa shape index (κ3) is 6.82. The van der Waals surface area contributed by atoms with E-state index in [2.05, 4.69) is 9.88 Å². The summed E-state index contributed by atoms with van der Waals surface area (Å²) in [4.78, 5) is 27.5. The summed E-state index contributed by atoms with van der Waals surface area (Å²) in [7, 11) is 0. The van der Waals surface area contributed by atoms with Gasteiger partial charge in [-0.15, -0.1) is 0 Å². The van der Waals surface area contributed by atoms with E-state index in [1.54, 1.807) is 12.4 Å². The van der Waals surface area contributed by atoms with Crippen molar-refractivity contribution in [3.63, 3.8) is 0 Å². The SMILES string of the molecule is O=C(CC1CC1)N1CCC2(CCOCC2COc2cccnc2)CC1.O=C(O)C(F)(F)F. The largest absolute Gasteiger partial charge is 0.492 e. The van der Waals surface area contributed by atoms with Gasteiger partial charge in [-0.3, -0.25) is 9.78 Å². The predicted molar refractivity (Wildman–Crippen MR) is 108 cm³/mol. The second-order valence-electron chi connectivity index (χ2n) is 8.72. The van der Waals surface area contributed by atoms with E-state index in [0.29, 0.717) is 24.3 Å². The van der Waals surface area contributed by atoms with E-state index in [4.69, 9.17) is 19.4 Å². The molecule has 1 aromatic rings. The van der Waals surface area contributed by atoms with Crippen molar-refractivity contribution in [1.82, 2.24) is 9.88 Å². The molecule has 1 unspecified atom stereocenters. The van der Waals surface area contributed by atoms with Crippen molar-refractivity contribution in [3.05, 3.63) is 24.5 Å². The minimum absolute atomic E-state index is 0.261. The number of rotatable bonds is 5. The summed E-state index contributed by atoms with van der Waals surface area (Å²) < 4.78 is 43.5. The van der Waals surface area contributed by atoms with Gasteiger partial charge >= 0.3 is 12.1 Å². The third-order valence-corrected chi connectivity index (χ3v) is 6.53. The van der Waals surface area contributed by atoms with E-state index < -0.39 is 12.1 Å². The first-order valence-electron chi connectivity index (χ1n) is 10.9. The van der Waals surface area contributed by atoms with Crippen LogP contribution in [0.3, 0.4) is 0 Å². The lowest BCUT2D eigenvalue weighted by Gasteiger charge is -2.48. The van der Waals surface area contributed by atoms with E-state index in [1.807, 2.05) is 12.1 Å². The first-order valence-corrected chi connectivity index (χ1v) is 10.9. The second-order valence-corrected chi connectivity index (χ2v) is 8.72. The van der Waals surface area contributed by atoms with Crippen LogP contribution in [-0.4, -0.2) is 66.0 Å². The molecule has 0 aromatic carbocycles. The quantitative estimate of drug-likeness (QED) is 0.726. The van der Waals surface area contributed by atoms with Gasteiger partial charge < -0.3 is 19.5 Å². The lowest BCUT2D eigenvalue weighted by molar-refractivity contribution is -0.192. The number of carbonyl (C=O) groups excluding carboxylic acids is 1. The van der Waals surface area contributed by atoms with Crippen molar-refractivity contribution in [3.8, 4) is 5.75 Å². The Kier molecular flexibility index (Phi) is 7.97. The first kappa shape index (κ1) is 24.3. The van der Waals surface area contributed by atoms with Crippen LogP contribution >= 0.6 is 0 Å². The van der Waals surface area contributed by atoms with Crippen LogP contribution in [0, 0.1) is 17.3 Å². The Labute approximate surface area is 184 Å². The number of pyridine rings is 1. The zero-order valence-corrected chi connectivity index (χ0v) is 17.9. The Morgan fingerprint density at radius 1 is 1.25 bits per heavy atom. The number of halogens is 3. The van der Waals surface area contributed by atoms with Gasteiger partial charge in [0.25, 0.3) is 0 Å². The molecule has 3 aliphatic rings. The smallest absolute Gasteiger partial charge is 0.490 e. The standard InChI is InChI=1S/C20H28N2O3.C2HF3O2/c23-19(12-16-3-4-16)22-9-5-20(6-10-22)7-11-24-14-17(20)15-25-18-2-1-8-21-13-18;3-2(4,5)1(6)7/h1-2,8,13,16-17H,3-7,9-12,14-15H2;(H,6,7). The Hall–Kier alpha value is -2.36. The van der Waals surface area contributed by atoms with Crippen LogP contribution < -0.4 is 4.74 Å². The zero-order chi connectivity index (χ0) is 23.2. The number of carboxylic acid groups (broad SMARTS) is 1. The minimum atomic E-state index is -5.08. The normalized spacial score (nSPS) is 22.6. The van der Waals surface area contributed by atoms with Crippen molar-refractivity contribution < 1.29 is 37.3 Å². The molecule has 7 nitrogen and oxygen atoms in total. The maximum Gasteiger partial charge on any atom is 0.490 e. The number of aromatic nitrogens is 1. The van der Waals surface area contributed by atoms with E-state index in [9.17, 15) is 18.0 Å². The molecule has 178 valence electrons. The fraction of sp³-hybridized carbons (Fsp3) is 0.682. The molecular formula is C22H29F3N2O5. The highest BCUT2D eigenvalue weighted by atomic mass is 19.4. The Morgan fingerprint density at radius 3 is 2.50 bits per heavy atom. The maximum absolute atomic E-state index is 12.4. The zero-order valence-electron chi connectivity index (χ0n) is 17.9. The van der Waals surface area contributed by atoms with Gasteiger partial charge in [-0.25, -0.2) is 4.79 Å². The summed E-state index contributed by atoms with van der Waals surface area (Å²) in [5, 5.41) is 7.12. The number of nitrogens with zero attached hydrogens (tertiary/aromatic N) is 2. The molecule has 1 aliphatic carbocycles. The Balaban J connectivity index is 0.000000360. The molecule has 1 N–H and O–H groups in total. The molecule has 3 fully saturated rings. The van der Waals surface area contributed by atoms with Crippen molar-refractivity contribution >= 4 is 11.9 Å². The van der Waals surface area contributed by atoms with E-state index in [1.165, 1.54) is 12.8 Å². The molecule has 2 aliphatic heterocycles. The summed E-state index contributed by atoms with van der Waals surface area (Å²) >= 11 is 0. The molecule has 32 heavy (non-hydrogen) atoms. The van der Waals surface area contributed by atoms with Gasteiger partial charge in [0.05, 0.1) is 19.4 Å². The highest BCUT2D eigenvalue weighted by Crippen LogP contribution is 2.45. The average Bonchev–Trinajstić information content (AvgIpc) is 3.58. The maximum atomic E-state index is 12.4. The molecule has 1 saturated carbocycles. The molecule has 0 radical (unpaired) electrons. The molecule has 1 spiro atoms. The summed E-state index contributed by atoms with van der Waals surface area (Å²) in [6, 6.07) is 3.84. The van der Waals surface area contributed by atoms with Gasteiger partial charge in [0.1, 0.15) is 5.75 Å². The summed E-state index contributed by atoms with van der Waals surface area (Å²) in [6.07, 6.45) is 4.93. The molecule has 2 saturated heterocycles. The van der Waals surface area contributed by atoms with Crippen LogP contribution in [0.15, 0.2) is 24.5 Å². The number of ether oxygens (including phenoxy) is 2. The Morgan fingerprint density at radius 2 is 1.94 bits per heavy atom. The molecule has 4 rings (SSSR count). The van der Waals surface area contributed by atoms with E-state index in [-0.39, 0.29) is 5.41 Å². The van der Waals surface area contributed by atoms with Crippen LogP contribution in [0.4, 0.5) is 13.2 Å². The van der Waals surface area contributed by atoms with Crippen molar-refractivity contribution in [2.75, 3.05) is 32.9 Å². The number of alkyl halides is 3. The summed E-state index contributed by atoms with van der Waals surface area (Å²) in [6.45, 7) is 4.06. The number of hydrogen-bond donors (Lipinski definition) is 1. The summed E-state index contributed by atoms with van der Waals surface area (Å²) in [5.41, 5.74) is 0.261. The van der Waals surface area contributed by atoms with Gasteiger partial charge in [0, 0.05) is 38.2 Å². The second kappa shape index (κ2) is 10.5. The van der Waals surface area contributed by atoms with Crippen LogP contribution in [0.1, 0.15) is 38.5 Å². The number of carbonyl (C=O) groups is 2. The highest BCUT2D eigenvalue weighted by molar-refractivity contribution is 5.76. The van der Waals surface area contributed by atoms with Gasteiger partial charge in [-0.1, -0.05) is 0 Å². The fourth-order valence-corrected chi connectivity index (χ4v) is 4.29. The summed E-state index contributed by atoms with van der Waals surface area (Å²) in [5.74, 6) is -0.505. The van der Waals surface area contributed by atoms with Crippen LogP contribution in [0.25, 0.3) is 0 Å². The number of carboxylic acids is 1. The number of amides is 1. The van der Waals surface area contributed by atoms with Gasteiger partial charge in [0.2, 0.25) is 5.91 Å². The minimum Gasteiger partial charge on any atom is -0.492 e. The molecule has 1 atom stereocenters. The first-order chi connectivity index (χ1) is 15.2. The molecule has 1 aromatic heterocycles. The van der Waals surface area contributed by atoms with E-state index >= 15 is 0 Å². The predicted octanol–water partition coefficient (Wildman–Crippen LogP) is 3.54. The molecule has 3 heterocycles. The Bertz CT molecular complexity index is 763. The molecular weight excluding hydrogens is 429 g/mol. The highest BCUT2D eigenvalue weighted by Gasteiger charge is 2.44. The molecule has 0 bridgehead atoms. The molecule has 1 amide bonds. The van der Waals surface area contributed by atoms with Gasteiger partial charge in [-0.2, -0.15) is 13.2 Å². The van der Waals surface area contributed by atoms with Crippen LogP contribution in [-0.2, 0) is 14.3 Å². The van der Waals surface area contributed by atoms with Gasteiger partial charge in [-0.05, 0) is 55.6 Å². The van der Waals surface area contributed by atoms with Crippen molar-refractivity contribution in [2.45, 2.75) is 44.7 Å². The number of aliphatic carboxylic acids is 1. The lowest BCUT2D eigenvalue weighted by atomic mass is 9.66. The van der Waals surface area contributed by atoms with E-state index in [0.717, 1.165) is 57.7 Å². The van der Waals surface area contributed by atoms with Crippen molar-refractivity contribution in [1.29, 1.82) is 0 Å². The van der Waals surface area contributed by atoms with Crippen molar-refractivity contribution in [2.24, 2.45) is 17.3 Å². The van der Waals surface area contributed by atoms with Gasteiger partial charge in [0.15, 0.2) is 0 Å². The number of hydrogen-bond acceptors (Lipinski definition) is 5.